The van der Waals surface area contributed by atoms with Gasteiger partial charge in [0.25, 0.3) is 0 Å². The van der Waals surface area contributed by atoms with Crippen LogP contribution in [0.25, 0.3) is 11.1 Å². The number of benzene rings is 2. The van der Waals surface area contributed by atoms with E-state index in [1.54, 1.807) is 0 Å². The van der Waals surface area contributed by atoms with E-state index in [1.807, 2.05) is 0 Å². The number of hydrogen-bond acceptors (Lipinski definition) is 4. The molecule has 0 atom stereocenters. The second-order valence-corrected chi connectivity index (χ2v) is 9.75. The molecule has 2 aliphatic heterocycles. The standard InChI is InChI=1S/C27H34N2O3/c1-28(2)19-20-3-5-21(6-4-20)22-9-11-24(12-10-22)27(31-17-18-32-27)25-13-15-29(16-14-25)26(30)23-7-8-23/h3-6,9-12,23,25H,7-8,13-19H2,1-2H3. The first kappa shape index (κ1) is 21.6. The topological polar surface area (TPSA) is 42.0 Å². The summed E-state index contributed by atoms with van der Waals surface area (Å²) < 4.78 is 12.6. The predicted octanol–water partition coefficient (Wildman–Crippen LogP) is 4.26. The predicted molar refractivity (Wildman–Crippen MR) is 125 cm³/mol. The van der Waals surface area contributed by atoms with Crippen LogP contribution in [0.15, 0.2) is 48.5 Å². The molecule has 2 heterocycles. The summed E-state index contributed by atoms with van der Waals surface area (Å²) >= 11 is 0. The zero-order chi connectivity index (χ0) is 22.1. The van der Waals surface area contributed by atoms with E-state index >= 15 is 0 Å². The fourth-order valence-corrected chi connectivity index (χ4v) is 5.20. The molecule has 1 aliphatic carbocycles. The maximum absolute atomic E-state index is 12.4. The van der Waals surface area contributed by atoms with E-state index in [0.717, 1.165) is 50.9 Å². The third kappa shape index (κ3) is 4.34. The van der Waals surface area contributed by atoms with Crippen LogP contribution in [0.1, 0.15) is 36.8 Å². The third-order valence-electron chi connectivity index (χ3n) is 7.06. The van der Waals surface area contributed by atoms with Crippen LogP contribution in [0.5, 0.6) is 0 Å². The van der Waals surface area contributed by atoms with Gasteiger partial charge in [-0.25, -0.2) is 0 Å². The Kier molecular flexibility index (Phi) is 6.06. The minimum atomic E-state index is -0.678. The third-order valence-corrected chi connectivity index (χ3v) is 7.06. The summed E-state index contributed by atoms with van der Waals surface area (Å²) in [7, 11) is 4.18. The highest BCUT2D eigenvalue weighted by Gasteiger charge is 2.48. The van der Waals surface area contributed by atoms with Gasteiger partial charge >= 0.3 is 0 Å². The van der Waals surface area contributed by atoms with Gasteiger partial charge in [-0.15, -0.1) is 0 Å². The first-order valence-electron chi connectivity index (χ1n) is 12.0. The zero-order valence-corrected chi connectivity index (χ0v) is 19.3. The lowest BCUT2D eigenvalue weighted by Gasteiger charge is -2.41. The Bertz CT molecular complexity index is 920. The van der Waals surface area contributed by atoms with Crippen LogP contribution in [0.4, 0.5) is 0 Å². The van der Waals surface area contributed by atoms with Crippen molar-refractivity contribution in [3.05, 3.63) is 59.7 Å². The summed E-state index contributed by atoms with van der Waals surface area (Å²) in [4.78, 5) is 16.7. The molecular weight excluding hydrogens is 400 g/mol. The molecule has 3 fully saturated rings. The van der Waals surface area contributed by atoms with Gasteiger partial charge in [0.05, 0.1) is 13.2 Å². The van der Waals surface area contributed by atoms with Crippen molar-refractivity contribution in [1.82, 2.24) is 9.80 Å². The molecule has 1 saturated carbocycles. The van der Waals surface area contributed by atoms with Gasteiger partial charge in [-0.1, -0.05) is 48.5 Å². The average molecular weight is 435 g/mol. The number of rotatable bonds is 6. The highest BCUT2D eigenvalue weighted by atomic mass is 16.7. The summed E-state index contributed by atoms with van der Waals surface area (Å²) in [5.74, 6) is 0.239. The van der Waals surface area contributed by atoms with Gasteiger partial charge in [0, 0.05) is 37.0 Å². The molecule has 2 aromatic carbocycles. The van der Waals surface area contributed by atoms with Crippen LogP contribution < -0.4 is 0 Å². The lowest BCUT2D eigenvalue weighted by atomic mass is 9.83. The Hall–Kier alpha value is -2.21. The Morgan fingerprint density at radius 2 is 1.47 bits per heavy atom. The van der Waals surface area contributed by atoms with E-state index in [-0.39, 0.29) is 5.92 Å². The molecule has 170 valence electrons. The smallest absolute Gasteiger partial charge is 0.225 e. The van der Waals surface area contributed by atoms with Crippen molar-refractivity contribution in [2.45, 2.75) is 38.0 Å². The maximum Gasteiger partial charge on any atom is 0.225 e. The average Bonchev–Trinajstić information content (AvgIpc) is 3.55. The minimum Gasteiger partial charge on any atom is -0.343 e. The van der Waals surface area contributed by atoms with E-state index in [2.05, 4.69) is 72.4 Å². The van der Waals surface area contributed by atoms with Crippen molar-refractivity contribution in [1.29, 1.82) is 0 Å². The second-order valence-electron chi connectivity index (χ2n) is 9.75. The van der Waals surface area contributed by atoms with Gasteiger partial charge in [-0.05, 0) is 56.5 Å². The molecule has 32 heavy (non-hydrogen) atoms. The van der Waals surface area contributed by atoms with Crippen LogP contribution in [0, 0.1) is 11.8 Å². The molecule has 0 N–H and O–H groups in total. The monoisotopic (exact) mass is 434 g/mol. The highest BCUT2D eigenvalue weighted by molar-refractivity contribution is 5.81. The molecule has 2 aromatic rings. The van der Waals surface area contributed by atoms with Gasteiger partial charge in [-0.2, -0.15) is 0 Å². The van der Waals surface area contributed by atoms with E-state index in [4.69, 9.17) is 9.47 Å². The van der Waals surface area contributed by atoms with Crippen LogP contribution >= 0.6 is 0 Å². The molecule has 5 heteroatoms. The van der Waals surface area contributed by atoms with Crippen molar-refractivity contribution < 1.29 is 14.3 Å². The number of piperidine rings is 1. The van der Waals surface area contributed by atoms with E-state index in [0.29, 0.717) is 25.0 Å². The van der Waals surface area contributed by atoms with Crippen LogP contribution in [0.3, 0.4) is 0 Å². The van der Waals surface area contributed by atoms with Crippen molar-refractivity contribution >= 4 is 5.91 Å². The van der Waals surface area contributed by atoms with Gasteiger partial charge in [0.1, 0.15) is 0 Å². The Labute approximate surface area is 191 Å². The number of ether oxygens (including phenoxy) is 2. The summed E-state index contributed by atoms with van der Waals surface area (Å²) in [5.41, 5.74) is 4.82. The second kappa shape index (κ2) is 8.97. The molecule has 0 spiro atoms. The van der Waals surface area contributed by atoms with Crippen LogP contribution in [0.2, 0.25) is 0 Å². The SMILES string of the molecule is CN(C)Cc1ccc(-c2ccc(C3(C4CCN(C(=O)C5CC5)CC4)OCCO3)cc2)cc1. The van der Waals surface area contributed by atoms with E-state index in [9.17, 15) is 4.79 Å². The molecule has 5 nitrogen and oxygen atoms in total. The van der Waals surface area contributed by atoms with Gasteiger partial charge < -0.3 is 19.3 Å². The van der Waals surface area contributed by atoms with Crippen molar-refractivity contribution in [3.63, 3.8) is 0 Å². The summed E-state index contributed by atoms with van der Waals surface area (Å²) in [5, 5.41) is 0. The first-order chi connectivity index (χ1) is 15.5. The Morgan fingerprint density at radius 1 is 0.906 bits per heavy atom. The number of nitrogens with zero attached hydrogens (tertiary/aromatic N) is 2. The first-order valence-corrected chi connectivity index (χ1v) is 12.0. The maximum atomic E-state index is 12.4. The number of likely N-dealkylation sites (tertiary alicyclic amines) is 1. The van der Waals surface area contributed by atoms with Gasteiger partial charge in [0.2, 0.25) is 5.91 Å². The lowest BCUT2D eigenvalue weighted by molar-refractivity contribution is -0.214. The van der Waals surface area contributed by atoms with Crippen LogP contribution in [-0.2, 0) is 26.6 Å². The zero-order valence-electron chi connectivity index (χ0n) is 19.3. The minimum absolute atomic E-state index is 0.268. The number of carbonyl (C=O) groups is 1. The molecule has 5 rings (SSSR count). The van der Waals surface area contributed by atoms with E-state index in [1.165, 1.54) is 16.7 Å². The molecule has 1 amide bonds. The largest absolute Gasteiger partial charge is 0.343 e. The van der Waals surface area contributed by atoms with Crippen LogP contribution in [-0.4, -0.2) is 56.1 Å². The van der Waals surface area contributed by atoms with Gasteiger partial charge in [-0.3, -0.25) is 4.79 Å². The molecule has 0 bridgehead atoms. The van der Waals surface area contributed by atoms with Crippen molar-refractivity contribution in [2.75, 3.05) is 40.4 Å². The molecule has 0 aromatic heterocycles. The Morgan fingerprint density at radius 3 is 2.00 bits per heavy atom. The lowest BCUT2D eigenvalue weighted by Crippen LogP contribution is -2.46. The number of carbonyl (C=O) groups excluding carboxylic acids is 1. The number of hydrogen-bond donors (Lipinski definition) is 0. The number of amides is 1. The van der Waals surface area contributed by atoms with E-state index < -0.39 is 5.79 Å². The fraction of sp³-hybridized carbons (Fsp3) is 0.519. The summed E-state index contributed by atoms with van der Waals surface area (Å²) in [6.45, 7) is 3.81. The van der Waals surface area contributed by atoms with Crippen molar-refractivity contribution in [3.8, 4) is 11.1 Å². The quantitative estimate of drug-likeness (QED) is 0.681. The van der Waals surface area contributed by atoms with Gasteiger partial charge in [0.15, 0.2) is 5.79 Å². The normalized spacial score (nSPS) is 21.3. The highest BCUT2D eigenvalue weighted by Crippen LogP contribution is 2.44. The molecule has 0 radical (unpaired) electrons. The molecule has 2 saturated heterocycles. The molecule has 3 aliphatic rings. The fourth-order valence-electron chi connectivity index (χ4n) is 5.20. The Balaban J connectivity index is 1.30. The summed E-state index contributed by atoms with van der Waals surface area (Å²) in [6.07, 6.45) is 3.99. The molecule has 0 unspecified atom stereocenters. The summed E-state index contributed by atoms with van der Waals surface area (Å²) in [6, 6.07) is 17.5. The van der Waals surface area contributed by atoms with Crippen molar-refractivity contribution in [2.24, 2.45) is 11.8 Å². The molecular formula is C27H34N2O3.